The van der Waals surface area contributed by atoms with Crippen molar-refractivity contribution in [3.63, 3.8) is 0 Å². The van der Waals surface area contributed by atoms with Gasteiger partial charge >= 0.3 is 0 Å². The Kier molecular flexibility index (Phi) is 15.3. The number of hydrogen-bond acceptors (Lipinski definition) is 6. The van der Waals surface area contributed by atoms with E-state index in [1.807, 2.05) is 13.8 Å². The Morgan fingerprint density at radius 2 is 1.52 bits per heavy atom. The predicted molar refractivity (Wildman–Crippen MR) is 101 cm³/mol. The molecule has 0 heterocycles. The zero-order valence-corrected chi connectivity index (χ0v) is 16.1. The van der Waals surface area contributed by atoms with E-state index in [-0.39, 0.29) is 18.9 Å². The normalized spacial score (nSPS) is 10.6. The number of ether oxygens (including phenoxy) is 1. The van der Waals surface area contributed by atoms with Crippen molar-refractivity contribution in [2.45, 2.75) is 46.3 Å². The van der Waals surface area contributed by atoms with Crippen molar-refractivity contribution >= 4 is 17.8 Å². The average molecular weight is 386 g/mol. The van der Waals surface area contributed by atoms with Crippen molar-refractivity contribution in [3.05, 3.63) is 29.8 Å². The van der Waals surface area contributed by atoms with Gasteiger partial charge in [-0.3, -0.25) is 14.4 Å². The molecule has 1 rings (SSSR count). The van der Waals surface area contributed by atoms with Crippen molar-refractivity contribution in [2.75, 3.05) is 13.2 Å². The molecule has 6 N–H and O–H groups in total. The first-order valence-corrected chi connectivity index (χ1v) is 8.24. The number of hydrogen-bond donors (Lipinski definition) is 5. The maximum atomic E-state index is 10.7. The second-order valence-corrected chi connectivity index (χ2v) is 5.85. The standard InChI is InChI=1S/C14H22N2O3.2C2H4O2/c1-10(2)16-8-12(17)9-19-13-5-3-11(4-6-13)7-14(15)18;2*1-2(3)4/h3-6,10,12,16-17H,7-9H2,1-2H3,(H2,15,18);2*1H3,(H,3,4). The first-order valence-electron chi connectivity index (χ1n) is 8.24. The van der Waals surface area contributed by atoms with Gasteiger partial charge in [0.1, 0.15) is 18.5 Å². The molecule has 9 heteroatoms. The Hall–Kier alpha value is -2.65. The molecule has 0 bridgehead atoms. The lowest BCUT2D eigenvalue weighted by atomic mass is 10.1. The molecular formula is C18H30N2O7. The van der Waals surface area contributed by atoms with Crippen LogP contribution in [-0.2, 0) is 20.8 Å². The fourth-order valence-electron chi connectivity index (χ4n) is 1.53. The summed E-state index contributed by atoms with van der Waals surface area (Å²) in [4.78, 5) is 28.7. The van der Waals surface area contributed by atoms with Gasteiger partial charge in [-0.15, -0.1) is 0 Å². The minimum atomic E-state index is -0.833. The fourth-order valence-corrected chi connectivity index (χ4v) is 1.53. The summed E-state index contributed by atoms with van der Waals surface area (Å²) in [5.74, 6) is -1.36. The summed E-state index contributed by atoms with van der Waals surface area (Å²) in [7, 11) is 0. The number of rotatable bonds is 8. The average Bonchev–Trinajstić information content (AvgIpc) is 2.50. The van der Waals surface area contributed by atoms with Crippen LogP contribution < -0.4 is 15.8 Å². The Morgan fingerprint density at radius 3 is 1.89 bits per heavy atom. The topological polar surface area (TPSA) is 159 Å². The van der Waals surface area contributed by atoms with Crippen LogP contribution in [-0.4, -0.2) is 58.5 Å². The molecule has 0 saturated heterocycles. The van der Waals surface area contributed by atoms with Crippen LogP contribution in [0.25, 0.3) is 0 Å². The van der Waals surface area contributed by atoms with Gasteiger partial charge in [-0.25, -0.2) is 0 Å². The molecule has 0 aliphatic carbocycles. The van der Waals surface area contributed by atoms with Crippen LogP contribution in [0.2, 0.25) is 0 Å². The molecule has 0 aliphatic heterocycles. The molecule has 0 spiro atoms. The summed E-state index contributed by atoms with van der Waals surface area (Å²) in [5, 5.41) is 27.6. The Balaban J connectivity index is 0. The summed E-state index contributed by atoms with van der Waals surface area (Å²) in [6, 6.07) is 7.45. The summed E-state index contributed by atoms with van der Waals surface area (Å²) in [6.07, 6.45) is -0.325. The number of nitrogens with two attached hydrogens (primary N) is 1. The van der Waals surface area contributed by atoms with Gasteiger partial charge in [0.25, 0.3) is 11.9 Å². The summed E-state index contributed by atoms with van der Waals surface area (Å²) < 4.78 is 5.45. The van der Waals surface area contributed by atoms with Crippen molar-refractivity contribution in [1.29, 1.82) is 0 Å². The van der Waals surface area contributed by atoms with Crippen molar-refractivity contribution in [2.24, 2.45) is 5.73 Å². The van der Waals surface area contributed by atoms with Crippen LogP contribution in [0.4, 0.5) is 0 Å². The number of carboxylic acids is 2. The molecule has 27 heavy (non-hydrogen) atoms. The second-order valence-electron chi connectivity index (χ2n) is 5.85. The van der Waals surface area contributed by atoms with Crippen molar-refractivity contribution in [3.8, 4) is 5.75 Å². The third-order valence-corrected chi connectivity index (χ3v) is 2.51. The Bertz CT molecular complexity index is 539. The molecule has 0 aromatic heterocycles. The molecule has 154 valence electrons. The highest BCUT2D eigenvalue weighted by atomic mass is 16.5. The largest absolute Gasteiger partial charge is 0.491 e. The summed E-state index contributed by atoms with van der Waals surface area (Å²) in [6.45, 7) is 6.93. The first-order chi connectivity index (χ1) is 12.4. The van der Waals surface area contributed by atoms with Gasteiger partial charge in [0.05, 0.1) is 6.42 Å². The van der Waals surface area contributed by atoms with Crippen molar-refractivity contribution < 1.29 is 34.4 Å². The van der Waals surface area contributed by atoms with Gasteiger partial charge < -0.3 is 31.1 Å². The molecule has 0 saturated carbocycles. The zero-order chi connectivity index (χ0) is 21.4. The van der Waals surface area contributed by atoms with Gasteiger partial charge in [-0.2, -0.15) is 0 Å². The third-order valence-electron chi connectivity index (χ3n) is 2.51. The fraction of sp³-hybridized carbons (Fsp3) is 0.500. The first kappa shape index (κ1) is 26.6. The van der Waals surface area contributed by atoms with Gasteiger partial charge in [0, 0.05) is 26.4 Å². The maximum Gasteiger partial charge on any atom is 0.300 e. The highest BCUT2D eigenvalue weighted by Crippen LogP contribution is 2.12. The number of carboxylic acid groups (broad SMARTS) is 2. The van der Waals surface area contributed by atoms with E-state index in [1.165, 1.54) is 0 Å². The number of nitrogens with one attached hydrogen (secondary N) is 1. The lowest BCUT2D eigenvalue weighted by molar-refractivity contribution is -0.135. The van der Waals surface area contributed by atoms with Crippen LogP contribution in [0.15, 0.2) is 24.3 Å². The van der Waals surface area contributed by atoms with E-state index < -0.39 is 18.0 Å². The minimum absolute atomic E-state index is 0.223. The molecule has 1 amide bonds. The second kappa shape index (κ2) is 15.6. The molecule has 1 atom stereocenters. The summed E-state index contributed by atoms with van der Waals surface area (Å²) >= 11 is 0. The van der Waals surface area contributed by atoms with Crippen LogP contribution in [0, 0.1) is 0 Å². The van der Waals surface area contributed by atoms with Crippen LogP contribution in [0.5, 0.6) is 5.75 Å². The third kappa shape index (κ3) is 23.4. The lowest BCUT2D eigenvalue weighted by Gasteiger charge is -2.15. The number of amides is 1. The number of primary amides is 1. The van der Waals surface area contributed by atoms with Gasteiger partial charge in [-0.05, 0) is 17.7 Å². The van der Waals surface area contributed by atoms with Crippen LogP contribution in [0.3, 0.4) is 0 Å². The molecule has 1 aromatic rings. The number of aliphatic carboxylic acids is 2. The molecule has 0 radical (unpaired) electrons. The van der Waals surface area contributed by atoms with E-state index in [9.17, 15) is 9.90 Å². The van der Waals surface area contributed by atoms with Crippen LogP contribution >= 0.6 is 0 Å². The summed E-state index contributed by atoms with van der Waals surface area (Å²) in [5.41, 5.74) is 5.96. The van der Waals surface area contributed by atoms with E-state index >= 15 is 0 Å². The molecule has 9 nitrogen and oxygen atoms in total. The Labute approximate surface area is 159 Å². The number of carbonyl (C=O) groups excluding carboxylic acids is 1. The lowest BCUT2D eigenvalue weighted by Crippen LogP contribution is -2.35. The van der Waals surface area contributed by atoms with Crippen LogP contribution in [0.1, 0.15) is 33.3 Å². The number of aliphatic hydroxyl groups is 1. The molecule has 0 aliphatic rings. The highest BCUT2D eigenvalue weighted by Gasteiger charge is 2.06. The highest BCUT2D eigenvalue weighted by molar-refractivity contribution is 5.76. The van der Waals surface area contributed by atoms with E-state index in [4.69, 9.17) is 30.3 Å². The van der Waals surface area contributed by atoms with E-state index in [2.05, 4.69) is 5.32 Å². The SMILES string of the molecule is CC(=O)O.CC(=O)O.CC(C)NCC(O)COc1ccc(CC(N)=O)cc1. The van der Waals surface area contributed by atoms with Gasteiger partial charge in [0.15, 0.2) is 0 Å². The molecule has 1 unspecified atom stereocenters. The smallest absolute Gasteiger partial charge is 0.300 e. The quantitative estimate of drug-likeness (QED) is 0.435. The number of benzene rings is 1. The molecule has 1 aromatic carbocycles. The van der Waals surface area contributed by atoms with Gasteiger partial charge in [-0.1, -0.05) is 26.0 Å². The number of carbonyl (C=O) groups is 3. The predicted octanol–water partition coefficient (Wildman–Crippen LogP) is 0.634. The zero-order valence-electron chi connectivity index (χ0n) is 16.1. The monoisotopic (exact) mass is 386 g/mol. The van der Waals surface area contributed by atoms with E-state index in [0.29, 0.717) is 18.3 Å². The maximum absolute atomic E-state index is 10.7. The molecular weight excluding hydrogens is 356 g/mol. The van der Waals surface area contributed by atoms with Crippen molar-refractivity contribution in [1.82, 2.24) is 5.32 Å². The Morgan fingerprint density at radius 1 is 1.07 bits per heavy atom. The molecule has 0 fully saturated rings. The minimum Gasteiger partial charge on any atom is -0.491 e. The van der Waals surface area contributed by atoms with Gasteiger partial charge in [0.2, 0.25) is 5.91 Å². The van der Waals surface area contributed by atoms with E-state index in [0.717, 1.165) is 19.4 Å². The number of aliphatic hydroxyl groups excluding tert-OH is 1. The van der Waals surface area contributed by atoms with E-state index in [1.54, 1.807) is 24.3 Å².